The zero-order chi connectivity index (χ0) is 17.3. The minimum absolute atomic E-state index is 0.336. The molecule has 0 nitrogen and oxygen atoms in total. The van der Waals surface area contributed by atoms with Gasteiger partial charge in [0.25, 0.3) is 0 Å². The standard InChI is InChI=1S/C26H20/c1-3-9-19(10-4-1)23-17-18-24-22-14-8-7-11-20(22)15-16-25(24)26(23)21-12-5-2-6-13-21/h1-18,23,26H. The van der Waals surface area contributed by atoms with Crippen molar-refractivity contribution in [2.24, 2.45) is 0 Å². The van der Waals surface area contributed by atoms with E-state index in [-0.39, 0.29) is 0 Å². The van der Waals surface area contributed by atoms with Crippen molar-refractivity contribution in [2.45, 2.75) is 11.8 Å². The first kappa shape index (κ1) is 15.2. The molecule has 2 unspecified atom stereocenters. The topological polar surface area (TPSA) is 0 Å². The molecule has 0 aromatic heterocycles. The minimum atomic E-state index is 0.336. The molecule has 1 aliphatic rings. The van der Waals surface area contributed by atoms with Crippen LogP contribution in [-0.2, 0) is 0 Å². The van der Waals surface area contributed by atoms with Crippen molar-refractivity contribution in [3.05, 3.63) is 125 Å². The molecule has 0 spiro atoms. The fraction of sp³-hybridized carbons (Fsp3) is 0.0769. The molecule has 0 amide bonds. The molecule has 2 atom stereocenters. The number of allylic oxidation sites excluding steroid dienone is 1. The highest BCUT2D eigenvalue weighted by atomic mass is 14.3. The Kier molecular flexibility index (Phi) is 3.68. The van der Waals surface area contributed by atoms with E-state index < -0.39 is 0 Å². The van der Waals surface area contributed by atoms with E-state index in [1.165, 1.54) is 33.0 Å². The lowest BCUT2D eigenvalue weighted by molar-refractivity contribution is 0.709. The lowest BCUT2D eigenvalue weighted by Gasteiger charge is -2.31. The normalized spacial score (nSPS) is 18.6. The van der Waals surface area contributed by atoms with E-state index >= 15 is 0 Å². The number of hydrogen-bond acceptors (Lipinski definition) is 0. The van der Waals surface area contributed by atoms with Crippen molar-refractivity contribution in [1.82, 2.24) is 0 Å². The maximum absolute atomic E-state index is 2.39. The first-order valence-corrected chi connectivity index (χ1v) is 9.21. The van der Waals surface area contributed by atoms with Crippen molar-refractivity contribution < 1.29 is 0 Å². The summed E-state index contributed by atoms with van der Waals surface area (Å²) in [5, 5.41) is 2.65. The number of hydrogen-bond donors (Lipinski definition) is 0. The van der Waals surface area contributed by atoms with Crippen LogP contribution in [0, 0.1) is 0 Å². The SMILES string of the molecule is C1=CC(c2ccccc2)C(c2ccccc2)c2ccc3ccccc3c21. The highest BCUT2D eigenvalue weighted by molar-refractivity contribution is 5.93. The van der Waals surface area contributed by atoms with Gasteiger partial charge >= 0.3 is 0 Å². The van der Waals surface area contributed by atoms with E-state index in [0.717, 1.165) is 0 Å². The molecule has 0 saturated carbocycles. The Balaban J connectivity index is 1.76. The molecule has 0 radical (unpaired) electrons. The maximum Gasteiger partial charge on any atom is 0.0199 e. The summed E-state index contributed by atoms with van der Waals surface area (Å²) in [6.45, 7) is 0. The lowest BCUT2D eigenvalue weighted by atomic mass is 9.72. The van der Waals surface area contributed by atoms with Gasteiger partial charge in [0.2, 0.25) is 0 Å². The average Bonchev–Trinajstić information content (AvgIpc) is 2.74. The summed E-state index contributed by atoms with van der Waals surface area (Å²) in [7, 11) is 0. The highest BCUT2D eigenvalue weighted by Crippen LogP contribution is 2.46. The summed E-state index contributed by atoms with van der Waals surface area (Å²) in [5.74, 6) is 0.690. The van der Waals surface area contributed by atoms with Crippen molar-refractivity contribution in [1.29, 1.82) is 0 Å². The molecule has 4 aromatic carbocycles. The number of fused-ring (bicyclic) bond motifs is 3. The highest BCUT2D eigenvalue weighted by Gasteiger charge is 2.29. The molecule has 0 N–H and O–H groups in total. The van der Waals surface area contributed by atoms with E-state index in [1.807, 2.05) is 0 Å². The summed E-state index contributed by atoms with van der Waals surface area (Å²) in [6.07, 6.45) is 4.72. The summed E-state index contributed by atoms with van der Waals surface area (Å²) < 4.78 is 0. The second-order valence-corrected chi connectivity index (χ2v) is 6.97. The van der Waals surface area contributed by atoms with Crippen LogP contribution in [0.2, 0.25) is 0 Å². The van der Waals surface area contributed by atoms with Gasteiger partial charge in [0.05, 0.1) is 0 Å². The third-order valence-corrected chi connectivity index (χ3v) is 5.51. The van der Waals surface area contributed by atoms with Crippen LogP contribution >= 0.6 is 0 Å². The Bertz CT molecular complexity index is 1070. The molecule has 1 aliphatic carbocycles. The van der Waals surface area contributed by atoms with Crippen LogP contribution in [0.1, 0.15) is 34.1 Å². The molecular weight excluding hydrogens is 312 g/mol. The molecule has 0 heterocycles. The van der Waals surface area contributed by atoms with Gasteiger partial charge in [-0.15, -0.1) is 0 Å². The third kappa shape index (κ3) is 2.46. The molecule has 5 rings (SSSR count). The van der Waals surface area contributed by atoms with Crippen LogP contribution in [0.4, 0.5) is 0 Å². The monoisotopic (exact) mass is 332 g/mol. The van der Waals surface area contributed by atoms with Gasteiger partial charge in [-0.3, -0.25) is 0 Å². The summed E-state index contributed by atoms with van der Waals surface area (Å²) in [6, 6.07) is 35.1. The predicted octanol–water partition coefficient (Wildman–Crippen LogP) is 6.78. The number of benzene rings is 4. The third-order valence-electron chi connectivity index (χ3n) is 5.51. The first-order chi connectivity index (χ1) is 12.9. The molecule has 0 fully saturated rings. The maximum atomic E-state index is 2.39. The van der Waals surface area contributed by atoms with Gasteiger partial charge in [-0.1, -0.05) is 109 Å². The van der Waals surface area contributed by atoms with Crippen LogP contribution in [0.5, 0.6) is 0 Å². The molecular formula is C26H20. The number of rotatable bonds is 2. The van der Waals surface area contributed by atoms with E-state index in [9.17, 15) is 0 Å². The quantitative estimate of drug-likeness (QED) is 0.379. The largest absolute Gasteiger partial charge is 0.0754 e. The summed E-state index contributed by atoms with van der Waals surface area (Å²) in [5.41, 5.74) is 5.54. The van der Waals surface area contributed by atoms with E-state index in [1.54, 1.807) is 0 Å². The molecule has 0 heteroatoms. The first-order valence-electron chi connectivity index (χ1n) is 9.21. The van der Waals surface area contributed by atoms with Gasteiger partial charge in [-0.2, -0.15) is 0 Å². The smallest absolute Gasteiger partial charge is 0.0199 e. The van der Waals surface area contributed by atoms with Crippen LogP contribution in [0.3, 0.4) is 0 Å². The van der Waals surface area contributed by atoms with E-state index in [0.29, 0.717) is 11.8 Å². The molecule has 4 aromatic rings. The van der Waals surface area contributed by atoms with Crippen molar-refractivity contribution in [3.8, 4) is 0 Å². The molecule has 26 heavy (non-hydrogen) atoms. The van der Waals surface area contributed by atoms with Crippen LogP contribution in [-0.4, -0.2) is 0 Å². The van der Waals surface area contributed by atoms with Crippen molar-refractivity contribution in [3.63, 3.8) is 0 Å². The van der Waals surface area contributed by atoms with E-state index in [2.05, 4.69) is 109 Å². The summed E-state index contributed by atoms with van der Waals surface area (Å²) >= 11 is 0. The van der Waals surface area contributed by atoms with Crippen LogP contribution in [0.25, 0.3) is 16.8 Å². The average molecular weight is 332 g/mol. The molecule has 124 valence electrons. The van der Waals surface area contributed by atoms with Crippen LogP contribution in [0.15, 0.2) is 103 Å². The van der Waals surface area contributed by atoms with Gasteiger partial charge in [-0.05, 0) is 33.0 Å². The summed E-state index contributed by atoms with van der Waals surface area (Å²) in [4.78, 5) is 0. The lowest BCUT2D eigenvalue weighted by Crippen LogP contribution is -2.15. The fourth-order valence-electron chi connectivity index (χ4n) is 4.30. The van der Waals surface area contributed by atoms with Gasteiger partial charge in [0.15, 0.2) is 0 Å². The Morgan fingerprint density at radius 2 is 1.19 bits per heavy atom. The van der Waals surface area contributed by atoms with Crippen molar-refractivity contribution in [2.75, 3.05) is 0 Å². The minimum Gasteiger partial charge on any atom is -0.0754 e. The molecule has 0 aliphatic heterocycles. The van der Waals surface area contributed by atoms with Crippen molar-refractivity contribution >= 4 is 16.8 Å². The zero-order valence-electron chi connectivity index (χ0n) is 14.5. The van der Waals surface area contributed by atoms with Gasteiger partial charge in [0.1, 0.15) is 0 Å². The second-order valence-electron chi connectivity index (χ2n) is 6.97. The van der Waals surface area contributed by atoms with E-state index in [4.69, 9.17) is 0 Å². The molecule has 0 bridgehead atoms. The second kappa shape index (κ2) is 6.31. The van der Waals surface area contributed by atoms with Crippen LogP contribution < -0.4 is 0 Å². The molecule has 0 saturated heterocycles. The van der Waals surface area contributed by atoms with Gasteiger partial charge < -0.3 is 0 Å². The zero-order valence-corrected chi connectivity index (χ0v) is 14.5. The predicted molar refractivity (Wildman–Crippen MR) is 110 cm³/mol. The van der Waals surface area contributed by atoms with Gasteiger partial charge in [-0.25, -0.2) is 0 Å². The Hall–Kier alpha value is -3.12. The Morgan fingerprint density at radius 3 is 1.96 bits per heavy atom. The fourth-order valence-corrected chi connectivity index (χ4v) is 4.30. The Morgan fingerprint density at radius 1 is 0.538 bits per heavy atom. The Labute approximate surface area is 154 Å². The van der Waals surface area contributed by atoms with Gasteiger partial charge in [0, 0.05) is 11.8 Å².